The van der Waals surface area contributed by atoms with Crippen LogP contribution in [0.2, 0.25) is 0 Å². The molecule has 3 aromatic carbocycles. The van der Waals surface area contributed by atoms with Crippen LogP contribution in [0.4, 0.5) is 30.2 Å². The molecule has 0 spiro atoms. The fourth-order valence-corrected chi connectivity index (χ4v) is 6.28. The van der Waals surface area contributed by atoms with Gasteiger partial charge in [0.2, 0.25) is 0 Å². The number of rotatable bonds is 11. The smallest absolute Gasteiger partial charge is 0.379 e. The summed E-state index contributed by atoms with van der Waals surface area (Å²) >= 11 is 0. The Hall–Kier alpha value is -5.05. The summed E-state index contributed by atoms with van der Waals surface area (Å²) in [6.45, 7) is 6.01. The van der Waals surface area contributed by atoms with Gasteiger partial charge in [0.1, 0.15) is 0 Å². The van der Waals surface area contributed by atoms with Crippen LogP contribution in [0.15, 0.2) is 79.1 Å². The third-order valence-electron chi connectivity index (χ3n) is 9.27. The number of aliphatic hydroxyl groups is 1. The highest BCUT2D eigenvalue weighted by Gasteiger charge is 2.30. The Morgan fingerprint density at radius 3 is 2.40 bits per heavy atom. The van der Waals surface area contributed by atoms with E-state index in [1.54, 1.807) is 48.3 Å². The summed E-state index contributed by atoms with van der Waals surface area (Å²) in [4.78, 5) is 41.6. The van der Waals surface area contributed by atoms with Crippen molar-refractivity contribution in [1.29, 1.82) is 0 Å². The molecule has 14 heteroatoms. The molecule has 0 radical (unpaired) electrons. The van der Waals surface area contributed by atoms with Crippen molar-refractivity contribution in [3.63, 3.8) is 0 Å². The van der Waals surface area contributed by atoms with Crippen LogP contribution in [0.3, 0.4) is 0 Å². The maximum absolute atomic E-state index is 13.8. The fraction of sp³-hybridized carbons (Fsp3) is 0.368. The number of aliphatic hydroxyl groups excluding tert-OH is 1. The number of piperidine rings is 1. The predicted molar refractivity (Wildman–Crippen MR) is 192 cm³/mol. The molecule has 3 heterocycles. The quantitative estimate of drug-likeness (QED) is 0.163. The van der Waals surface area contributed by atoms with Crippen molar-refractivity contribution in [2.75, 3.05) is 75.1 Å². The van der Waals surface area contributed by atoms with E-state index in [2.05, 4.69) is 30.4 Å². The second kappa shape index (κ2) is 16.5. The molecule has 52 heavy (non-hydrogen) atoms. The first-order chi connectivity index (χ1) is 25.0. The van der Waals surface area contributed by atoms with E-state index < -0.39 is 23.9 Å². The van der Waals surface area contributed by atoms with Gasteiger partial charge in [0.05, 0.1) is 42.4 Å². The number of morpholine rings is 1. The molecule has 274 valence electrons. The Kier molecular flexibility index (Phi) is 11.7. The van der Waals surface area contributed by atoms with Gasteiger partial charge in [-0.05, 0) is 61.7 Å². The van der Waals surface area contributed by atoms with Crippen molar-refractivity contribution in [1.82, 2.24) is 19.8 Å². The second-order valence-electron chi connectivity index (χ2n) is 13.0. The molecule has 2 aliphatic heterocycles. The summed E-state index contributed by atoms with van der Waals surface area (Å²) in [6.07, 6.45) is 0.104. The molecule has 3 N–H and O–H groups in total. The second-order valence-corrected chi connectivity index (χ2v) is 13.0. The van der Waals surface area contributed by atoms with Gasteiger partial charge in [0.25, 0.3) is 11.8 Å². The molecule has 4 aromatic rings. The normalized spacial score (nSPS) is 15.9. The monoisotopic (exact) mass is 717 g/mol. The summed E-state index contributed by atoms with van der Waals surface area (Å²) < 4.78 is 45.1. The average molecular weight is 718 g/mol. The number of likely N-dealkylation sites (N-methyl/N-ethyl adjacent to an activating group) is 1. The van der Waals surface area contributed by atoms with Gasteiger partial charge >= 0.3 is 6.18 Å². The Balaban J connectivity index is 1.18. The van der Waals surface area contributed by atoms with Crippen molar-refractivity contribution >= 4 is 28.9 Å². The number of nitrogens with one attached hydrogen (secondary N) is 2. The van der Waals surface area contributed by atoms with Gasteiger partial charge in [0, 0.05) is 74.4 Å². The maximum Gasteiger partial charge on any atom is 0.416 e. The number of alkyl halides is 3. The molecular weight excluding hydrogens is 675 g/mol. The number of anilines is 3. The topological polar surface area (TPSA) is 123 Å². The van der Waals surface area contributed by atoms with Gasteiger partial charge in [-0.25, -0.2) is 9.97 Å². The van der Waals surface area contributed by atoms with Crippen molar-refractivity contribution in [2.24, 2.45) is 0 Å². The van der Waals surface area contributed by atoms with Gasteiger partial charge in [-0.15, -0.1) is 0 Å². The van der Waals surface area contributed by atoms with E-state index in [4.69, 9.17) is 4.74 Å². The number of benzene rings is 3. The van der Waals surface area contributed by atoms with Gasteiger partial charge in [-0.2, -0.15) is 13.2 Å². The molecule has 1 aromatic heterocycles. The van der Waals surface area contributed by atoms with Gasteiger partial charge in [-0.3, -0.25) is 14.5 Å². The first-order valence-corrected chi connectivity index (χ1v) is 17.4. The number of aromatic nitrogens is 2. The van der Waals surface area contributed by atoms with Gasteiger partial charge in [0.15, 0.2) is 12.1 Å². The Bertz CT molecular complexity index is 1850. The van der Waals surface area contributed by atoms with Gasteiger partial charge < -0.3 is 30.3 Å². The standard InChI is InChI=1S/C38H42F3N7O4/c1-46(15-16-47-17-19-52-20-18-47)37(51)28-9-5-8-27(21-28)35(49)45-33-12-11-31(48-13-3-2-4-14-48)23-32(33)36(50)44-30-24-42-34(43-25-30)26-7-6-10-29(22-26)38(39,40)41/h5-12,21-25,35,45,49H,2-4,13-20H2,1H3,(H,44,50). The first kappa shape index (κ1) is 36.7. The molecule has 1 atom stereocenters. The first-order valence-electron chi connectivity index (χ1n) is 17.4. The number of hydrogen-bond donors (Lipinski definition) is 3. The van der Waals surface area contributed by atoms with E-state index in [1.807, 2.05) is 6.07 Å². The highest BCUT2D eigenvalue weighted by atomic mass is 19.4. The zero-order valence-electron chi connectivity index (χ0n) is 28.9. The Morgan fingerprint density at radius 2 is 1.67 bits per heavy atom. The van der Waals surface area contributed by atoms with E-state index in [0.717, 1.165) is 69.8 Å². The third-order valence-corrected chi connectivity index (χ3v) is 9.27. The number of amides is 2. The molecule has 0 bridgehead atoms. The average Bonchev–Trinajstić information content (AvgIpc) is 3.17. The SMILES string of the molecule is CN(CCN1CCOCC1)C(=O)c1cccc(C(O)Nc2ccc(N3CCCCC3)cc2C(=O)Nc2cnc(-c3cccc(C(F)(F)F)c3)nc2)c1. The molecule has 2 amide bonds. The summed E-state index contributed by atoms with van der Waals surface area (Å²) in [5, 5.41) is 17.2. The summed E-state index contributed by atoms with van der Waals surface area (Å²) in [6, 6.07) is 16.9. The zero-order valence-corrected chi connectivity index (χ0v) is 28.9. The van der Waals surface area contributed by atoms with Crippen molar-refractivity contribution in [2.45, 2.75) is 31.7 Å². The van der Waals surface area contributed by atoms with Crippen LogP contribution in [0, 0.1) is 0 Å². The number of halogens is 3. The Labute approximate surface area is 300 Å². The lowest BCUT2D eigenvalue weighted by molar-refractivity contribution is -0.137. The molecule has 0 aliphatic carbocycles. The third kappa shape index (κ3) is 9.24. The number of hydrogen-bond acceptors (Lipinski definition) is 9. The van der Waals surface area contributed by atoms with E-state index in [-0.39, 0.29) is 28.5 Å². The van der Waals surface area contributed by atoms with Crippen LogP contribution < -0.4 is 15.5 Å². The largest absolute Gasteiger partial charge is 0.416 e. The minimum atomic E-state index is -4.51. The number of ether oxygens (including phenoxy) is 1. The van der Waals surface area contributed by atoms with Crippen LogP contribution in [0.1, 0.15) is 57.3 Å². The van der Waals surface area contributed by atoms with Crippen molar-refractivity contribution < 1.29 is 32.6 Å². The molecule has 0 saturated carbocycles. The highest BCUT2D eigenvalue weighted by molar-refractivity contribution is 6.08. The summed E-state index contributed by atoms with van der Waals surface area (Å²) in [5.41, 5.74) is 1.94. The van der Waals surface area contributed by atoms with Gasteiger partial charge in [-0.1, -0.05) is 24.3 Å². The molecule has 11 nitrogen and oxygen atoms in total. The highest BCUT2D eigenvalue weighted by Crippen LogP contribution is 2.32. The van der Waals surface area contributed by atoms with E-state index in [9.17, 15) is 27.9 Å². The fourth-order valence-electron chi connectivity index (χ4n) is 6.28. The van der Waals surface area contributed by atoms with Crippen LogP contribution >= 0.6 is 0 Å². The van der Waals surface area contributed by atoms with E-state index >= 15 is 0 Å². The molecule has 2 fully saturated rings. The van der Waals surface area contributed by atoms with Crippen LogP contribution in [-0.4, -0.2) is 96.2 Å². The lowest BCUT2D eigenvalue weighted by Gasteiger charge is -2.29. The number of carbonyl (C=O) groups excluding carboxylic acids is 2. The van der Waals surface area contributed by atoms with E-state index in [0.29, 0.717) is 36.6 Å². The van der Waals surface area contributed by atoms with Crippen molar-refractivity contribution in [3.05, 3.63) is 101 Å². The number of nitrogens with zero attached hydrogens (tertiary/aromatic N) is 5. The molecule has 1 unspecified atom stereocenters. The van der Waals surface area contributed by atoms with Crippen molar-refractivity contribution in [3.8, 4) is 11.4 Å². The molecule has 2 aliphatic rings. The number of carbonyl (C=O) groups is 2. The molecule has 6 rings (SSSR count). The Morgan fingerprint density at radius 1 is 0.942 bits per heavy atom. The summed E-state index contributed by atoms with van der Waals surface area (Å²) in [5.74, 6) is -0.602. The lowest BCUT2D eigenvalue weighted by atomic mass is 10.1. The predicted octanol–water partition coefficient (Wildman–Crippen LogP) is 5.91. The molecule has 2 saturated heterocycles. The lowest BCUT2D eigenvalue weighted by Crippen LogP contribution is -2.41. The molecular formula is C38H42F3N7O4. The minimum absolute atomic E-state index is 0.0747. The van der Waals surface area contributed by atoms with Crippen LogP contribution in [0.25, 0.3) is 11.4 Å². The van der Waals surface area contributed by atoms with Crippen LogP contribution in [-0.2, 0) is 10.9 Å². The summed E-state index contributed by atoms with van der Waals surface area (Å²) in [7, 11) is 1.75. The maximum atomic E-state index is 13.8. The van der Waals surface area contributed by atoms with Crippen LogP contribution in [0.5, 0.6) is 0 Å². The minimum Gasteiger partial charge on any atom is -0.379 e. The van der Waals surface area contributed by atoms with E-state index in [1.165, 1.54) is 24.5 Å². The zero-order chi connectivity index (χ0) is 36.7.